The molecule has 6 nitrogen and oxygen atoms in total. The predicted molar refractivity (Wildman–Crippen MR) is 125 cm³/mol. The molecule has 0 aliphatic heterocycles. The van der Waals surface area contributed by atoms with Crippen LogP contribution in [-0.2, 0) is 13.1 Å². The van der Waals surface area contributed by atoms with Crippen molar-refractivity contribution in [3.05, 3.63) is 65.2 Å². The first-order chi connectivity index (χ1) is 13.1. The average molecular weight is 496 g/mol. The summed E-state index contributed by atoms with van der Waals surface area (Å²) in [7, 11) is 5.43. The van der Waals surface area contributed by atoms with Gasteiger partial charge < -0.3 is 20.3 Å². The van der Waals surface area contributed by atoms with E-state index in [-0.39, 0.29) is 29.9 Å². The molecule has 0 aliphatic rings. The minimum absolute atomic E-state index is 0. The number of carbonyl (C=O) groups is 1. The van der Waals surface area contributed by atoms with Crippen molar-refractivity contribution in [3.8, 4) is 5.75 Å². The SMILES string of the molecule is CCNC(=O)c1ccc(CNC(=NC)N(C)Cc2ccc(OC)cc2)cc1.I. The van der Waals surface area contributed by atoms with E-state index in [1.165, 1.54) is 5.56 Å². The zero-order chi connectivity index (χ0) is 19.6. The number of nitrogens with one attached hydrogen (secondary N) is 2. The lowest BCUT2D eigenvalue weighted by Crippen LogP contribution is -2.38. The van der Waals surface area contributed by atoms with Gasteiger partial charge in [0.05, 0.1) is 7.11 Å². The zero-order valence-corrected chi connectivity index (χ0v) is 19.2. The summed E-state index contributed by atoms with van der Waals surface area (Å²) in [6.45, 7) is 3.90. The highest BCUT2D eigenvalue weighted by molar-refractivity contribution is 14.0. The van der Waals surface area contributed by atoms with Crippen LogP contribution in [0.4, 0.5) is 0 Å². The molecule has 0 bridgehead atoms. The van der Waals surface area contributed by atoms with Crippen molar-refractivity contribution in [3.63, 3.8) is 0 Å². The van der Waals surface area contributed by atoms with Crippen LogP contribution >= 0.6 is 24.0 Å². The number of hydrogen-bond donors (Lipinski definition) is 2. The Bertz CT molecular complexity index is 761. The number of aliphatic imine (C=N–C) groups is 1. The molecule has 0 saturated carbocycles. The van der Waals surface area contributed by atoms with Crippen LogP contribution in [0, 0.1) is 0 Å². The summed E-state index contributed by atoms with van der Waals surface area (Å²) in [6, 6.07) is 15.6. The minimum Gasteiger partial charge on any atom is -0.497 e. The third-order valence-electron chi connectivity index (χ3n) is 4.16. The molecule has 28 heavy (non-hydrogen) atoms. The average Bonchev–Trinajstić information content (AvgIpc) is 2.69. The Kier molecular flexibility index (Phi) is 10.4. The number of nitrogens with zero attached hydrogens (tertiary/aromatic N) is 2. The summed E-state index contributed by atoms with van der Waals surface area (Å²) in [5.74, 6) is 1.60. The smallest absolute Gasteiger partial charge is 0.251 e. The number of benzene rings is 2. The first-order valence-corrected chi connectivity index (χ1v) is 8.99. The van der Waals surface area contributed by atoms with Crippen LogP contribution in [0.1, 0.15) is 28.4 Å². The van der Waals surface area contributed by atoms with Crippen LogP contribution in [0.3, 0.4) is 0 Å². The molecule has 7 heteroatoms. The van der Waals surface area contributed by atoms with E-state index in [4.69, 9.17) is 4.74 Å². The fraction of sp³-hybridized carbons (Fsp3) is 0.333. The van der Waals surface area contributed by atoms with Gasteiger partial charge in [-0.3, -0.25) is 9.79 Å². The molecule has 2 aromatic carbocycles. The molecule has 0 fully saturated rings. The van der Waals surface area contributed by atoms with E-state index in [9.17, 15) is 4.79 Å². The molecule has 2 aromatic rings. The highest BCUT2D eigenvalue weighted by atomic mass is 127. The van der Waals surface area contributed by atoms with Gasteiger partial charge in [-0.15, -0.1) is 24.0 Å². The zero-order valence-electron chi connectivity index (χ0n) is 16.9. The van der Waals surface area contributed by atoms with Crippen molar-refractivity contribution in [2.24, 2.45) is 4.99 Å². The molecular formula is C21H29IN4O2. The molecule has 0 unspecified atom stereocenters. The second-order valence-corrected chi connectivity index (χ2v) is 6.16. The molecule has 0 saturated heterocycles. The van der Waals surface area contributed by atoms with Crippen LogP contribution in [0.2, 0.25) is 0 Å². The molecule has 0 aliphatic carbocycles. The molecule has 0 aromatic heterocycles. The molecule has 0 heterocycles. The largest absolute Gasteiger partial charge is 0.497 e. The lowest BCUT2D eigenvalue weighted by atomic mass is 10.1. The van der Waals surface area contributed by atoms with Crippen LogP contribution in [-0.4, -0.2) is 44.5 Å². The summed E-state index contributed by atoms with van der Waals surface area (Å²) < 4.78 is 5.19. The third-order valence-corrected chi connectivity index (χ3v) is 4.16. The number of methoxy groups -OCH3 is 1. The first kappa shape index (κ1) is 23.7. The Morgan fingerprint density at radius 1 is 1.04 bits per heavy atom. The maximum absolute atomic E-state index is 11.8. The molecule has 2 N–H and O–H groups in total. The van der Waals surface area contributed by atoms with Crippen molar-refractivity contribution in [1.29, 1.82) is 0 Å². The van der Waals surface area contributed by atoms with Gasteiger partial charge in [0.25, 0.3) is 5.91 Å². The highest BCUT2D eigenvalue weighted by Gasteiger charge is 2.08. The Labute approximate surface area is 184 Å². The Morgan fingerprint density at radius 2 is 1.64 bits per heavy atom. The van der Waals surface area contributed by atoms with Crippen molar-refractivity contribution < 1.29 is 9.53 Å². The summed E-state index contributed by atoms with van der Waals surface area (Å²) in [6.07, 6.45) is 0. The van der Waals surface area contributed by atoms with Gasteiger partial charge in [0.15, 0.2) is 5.96 Å². The summed E-state index contributed by atoms with van der Waals surface area (Å²) in [5.41, 5.74) is 2.93. The van der Waals surface area contributed by atoms with E-state index in [1.807, 2.05) is 62.5 Å². The standard InChI is InChI=1S/C21H28N4O2.HI/c1-5-23-20(26)18-10-6-16(7-11-18)14-24-21(22-2)25(3)15-17-8-12-19(27-4)13-9-17;/h6-13H,5,14-15H2,1-4H3,(H,22,24)(H,23,26);1H. The first-order valence-electron chi connectivity index (χ1n) is 8.99. The number of halogens is 1. The highest BCUT2D eigenvalue weighted by Crippen LogP contribution is 2.12. The maximum atomic E-state index is 11.8. The number of hydrogen-bond acceptors (Lipinski definition) is 3. The molecule has 2 rings (SSSR count). The Balaban J connectivity index is 0.00000392. The van der Waals surface area contributed by atoms with Gasteiger partial charge in [-0.1, -0.05) is 24.3 Å². The second kappa shape index (κ2) is 12.2. The van der Waals surface area contributed by atoms with Crippen molar-refractivity contribution in [2.75, 3.05) is 27.7 Å². The van der Waals surface area contributed by atoms with E-state index in [2.05, 4.69) is 20.5 Å². The van der Waals surface area contributed by atoms with Gasteiger partial charge in [-0.05, 0) is 42.3 Å². The lowest BCUT2D eigenvalue weighted by Gasteiger charge is -2.22. The van der Waals surface area contributed by atoms with Gasteiger partial charge >= 0.3 is 0 Å². The number of ether oxygens (including phenoxy) is 1. The maximum Gasteiger partial charge on any atom is 0.251 e. The van der Waals surface area contributed by atoms with E-state index in [1.54, 1.807) is 14.2 Å². The predicted octanol–water partition coefficient (Wildman–Crippen LogP) is 3.27. The van der Waals surface area contributed by atoms with Gasteiger partial charge in [0.1, 0.15) is 5.75 Å². The van der Waals surface area contributed by atoms with Crippen molar-refractivity contribution >= 4 is 35.8 Å². The summed E-state index contributed by atoms with van der Waals surface area (Å²) in [4.78, 5) is 18.2. The topological polar surface area (TPSA) is 66.0 Å². The van der Waals surface area contributed by atoms with Crippen LogP contribution < -0.4 is 15.4 Å². The Morgan fingerprint density at radius 3 is 2.18 bits per heavy atom. The Hall–Kier alpha value is -2.29. The van der Waals surface area contributed by atoms with Gasteiger partial charge in [0.2, 0.25) is 0 Å². The van der Waals surface area contributed by atoms with E-state index in [0.717, 1.165) is 23.8 Å². The van der Waals surface area contributed by atoms with E-state index in [0.29, 0.717) is 18.7 Å². The van der Waals surface area contributed by atoms with E-state index < -0.39 is 0 Å². The summed E-state index contributed by atoms with van der Waals surface area (Å²) >= 11 is 0. The number of amides is 1. The van der Waals surface area contributed by atoms with E-state index >= 15 is 0 Å². The number of rotatable bonds is 7. The minimum atomic E-state index is -0.0490. The second-order valence-electron chi connectivity index (χ2n) is 6.16. The number of guanidine groups is 1. The van der Waals surface area contributed by atoms with Gasteiger partial charge in [-0.2, -0.15) is 0 Å². The molecule has 152 valence electrons. The fourth-order valence-corrected chi connectivity index (χ4v) is 2.68. The molecule has 1 amide bonds. The fourth-order valence-electron chi connectivity index (χ4n) is 2.68. The molecule has 0 radical (unpaired) electrons. The van der Waals surface area contributed by atoms with Crippen LogP contribution in [0.25, 0.3) is 0 Å². The molecule has 0 atom stereocenters. The van der Waals surface area contributed by atoms with Crippen molar-refractivity contribution in [2.45, 2.75) is 20.0 Å². The summed E-state index contributed by atoms with van der Waals surface area (Å²) in [5, 5.41) is 6.15. The van der Waals surface area contributed by atoms with Crippen LogP contribution in [0.15, 0.2) is 53.5 Å². The van der Waals surface area contributed by atoms with Crippen molar-refractivity contribution in [1.82, 2.24) is 15.5 Å². The van der Waals surface area contributed by atoms with Gasteiger partial charge in [-0.25, -0.2) is 0 Å². The number of carbonyl (C=O) groups excluding carboxylic acids is 1. The molecular weight excluding hydrogens is 467 g/mol. The monoisotopic (exact) mass is 496 g/mol. The lowest BCUT2D eigenvalue weighted by molar-refractivity contribution is 0.0956. The van der Waals surface area contributed by atoms with Crippen LogP contribution in [0.5, 0.6) is 5.75 Å². The molecule has 0 spiro atoms. The normalized spacial score (nSPS) is 10.6. The third kappa shape index (κ3) is 7.03. The van der Waals surface area contributed by atoms with Gasteiger partial charge in [0, 0.05) is 39.3 Å². The quantitative estimate of drug-likeness (QED) is 0.351.